The summed E-state index contributed by atoms with van der Waals surface area (Å²) >= 11 is 1.86. The first-order chi connectivity index (χ1) is 8.33. The van der Waals surface area contributed by atoms with E-state index >= 15 is 0 Å². The van der Waals surface area contributed by atoms with Gasteiger partial charge in [-0.15, -0.1) is 23.7 Å². The Hall–Kier alpha value is -0.610. The summed E-state index contributed by atoms with van der Waals surface area (Å²) in [5.41, 5.74) is 1.49. The van der Waals surface area contributed by atoms with Gasteiger partial charge in [-0.1, -0.05) is 18.2 Å². The highest BCUT2D eigenvalue weighted by Crippen LogP contribution is 2.26. The molecule has 1 atom stereocenters. The van der Waals surface area contributed by atoms with E-state index in [1.807, 2.05) is 11.3 Å². The second-order valence-corrected chi connectivity index (χ2v) is 5.76. The lowest BCUT2D eigenvalue weighted by Gasteiger charge is -2.31. The molecule has 2 heterocycles. The summed E-state index contributed by atoms with van der Waals surface area (Å²) in [6, 6.07) is 9.33. The number of fused-ring (bicyclic) bond motifs is 1. The molecule has 2 aromatic rings. The van der Waals surface area contributed by atoms with Crippen molar-refractivity contribution in [1.29, 1.82) is 0 Å². The van der Waals surface area contributed by atoms with Crippen molar-refractivity contribution >= 4 is 33.8 Å². The standard InChI is InChI=1S/C14H18N2S.ClH/c1-11-8-16(7-6-15-11)9-12-10-17-14-5-3-2-4-13(12)14;/h2-5,10-11,15H,6-9H2,1H3;1H/t11-;/m1./s1. The molecule has 98 valence electrons. The zero-order valence-electron chi connectivity index (χ0n) is 10.6. The smallest absolute Gasteiger partial charge is 0.0346 e. The summed E-state index contributed by atoms with van der Waals surface area (Å²) in [5.74, 6) is 0. The first kappa shape index (κ1) is 13.8. The molecule has 0 amide bonds. The van der Waals surface area contributed by atoms with Crippen LogP contribution >= 0.6 is 23.7 Å². The van der Waals surface area contributed by atoms with Crippen LogP contribution in [0.3, 0.4) is 0 Å². The zero-order chi connectivity index (χ0) is 11.7. The highest BCUT2D eigenvalue weighted by Gasteiger charge is 2.16. The van der Waals surface area contributed by atoms with E-state index in [0.717, 1.165) is 26.2 Å². The van der Waals surface area contributed by atoms with Crippen molar-refractivity contribution in [3.05, 3.63) is 35.2 Å². The molecule has 1 aliphatic heterocycles. The first-order valence-corrected chi connectivity index (χ1v) is 7.12. The molecule has 1 aliphatic rings. The van der Waals surface area contributed by atoms with Crippen LogP contribution in [0.4, 0.5) is 0 Å². The molecule has 0 saturated carbocycles. The molecule has 18 heavy (non-hydrogen) atoms. The van der Waals surface area contributed by atoms with Crippen LogP contribution in [0.5, 0.6) is 0 Å². The maximum Gasteiger partial charge on any atom is 0.0346 e. The number of halogens is 1. The number of nitrogens with one attached hydrogen (secondary N) is 1. The van der Waals surface area contributed by atoms with E-state index < -0.39 is 0 Å². The Morgan fingerprint density at radius 2 is 2.22 bits per heavy atom. The van der Waals surface area contributed by atoms with Gasteiger partial charge in [-0.2, -0.15) is 0 Å². The molecular weight excluding hydrogens is 264 g/mol. The van der Waals surface area contributed by atoms with Crippen LogP contribution in [-0.4, -0.2) is 30.6 Å². The SMILES string of the molecule is C[C@@H]1CN(Cc2csc3ccccc23)CCN1.Cl. The van der Waals surface area contributed by atoms with E-state index in [1.165, 1.54) is 15.6 Å². The average Bonchev–Trinajstić information content (AvgIpc) is 2.73. The van der Waals surface area contributed by atoms with E-state index in [9.17, 15) is 0 Å². The maximum absolute atomic E-state index is 3.49. The minimum Gasteiger partial charge on any atom is -0.312 e. The second kappa shape index (κ2) is 6.02. The third kappa shape index (κ3) is 2.86. The van der Waals surface area contributed by atoms with Crippen LogP contribution < -0.4 is 5.32 Å². The van der Waals surface area contributed by atoms with Crippen LogP contribution in [0.15, 0.2) is 29.6 Å². The summed E-state index contributed by atoms with van der Waals surface area (Å²) in [6.45, 7) is 6.79. The minimum atomic E-state index is 0. The predicted octanol–water partition coefficient (Wildman–Crippen LogP) is 3.12. The molecule has 3 rings (SSSR count). The van der Waals surface area contributed by atoms with Crippen LogP contribution in [0, 0.1) is 0 Å². The van der Waals surface area contributed by atoms with Gasteiger partial charge in [0, 0.05) is 36.9 Å². The lowest BCUT2D eigenvalue weighted by atomic mass is 10.1. The molecule has 0 aliphatic carbocycles. The van der Waals surface area contributed by atoms with Crippen molar-refractivity contribution in [2.45, 2.75) is 19.5 Å². The van der Waals surface area contributed by atoms with Gasteiger partial charge in [-0.05, 0) is 29.3 Å². The Balaban J connectivity index is 0.00000120. The largest absolute Gasteiger partial charge is 0.312 e. The van der Waals surface area contributed by atoms with E-state index in [2.05, 4.69) is 46.8 Å². The Labute approximate surface area is 118 Å². The second-order valence-electron chi connectivity index (χ2n) is 4.85. The predicted molar refractivity (Wildman–Crippen MR) is 81.8 cm³/mol. The Bertz CT molecular complexity index is 511. The number of hydrogen-bond donors (Lipinski definition) is 1. The summed E-state index contributed by atoms with van der Waals surface area (Å²) in [5, 5.41) is 7.24. The van der Waals surface area contributed by atoms with E-state index in [-0.39, 0.29) is 12.4 Å². The van der Waals surface area contributed by atoms with Crippen LogP contribution in [0.25, 0.3) is 10.1 Å². The van der Waals surface area contributed by atoms with Gasteiger partial charge in [0.05, 0.1) is 0 Å². The van der Waals surface area contributed by atoms with Gasteiger partial charge in [0.25, 0.3) is 0 Å². The number of nitrogens with zero attached hydrogens (tertiary/aromatic N) is 1. The van der Waals surface area contributed by atoms with Crippen molar-refractivity contribution in [3.8, 4) is 0 Å². The van der Waals surface area contributed by atoms with E-state index in [1.54, 1.807) is 0 Å². The Kier molecular flexibility index (Phi) is 4.62. The quantitative estimate of drug-likeness (QED) is 0.910. The molecule has 1 N–H and O–H groups in total. The first-order valence-electron chi connectivity index (χ1n) is 6.24. The van der Waals surface area contributed by atoms with Crippen LogP contribution in [0.2, 0.25) is 0 Å². The van der Waals surface area contributed by atoms with Gasteiger partial charge in [-0.25, -0.2) is 0 Å². The fourth-order valence-electron chi connectivity index (χ4n) is 2.55. The van der Waals surface area contributed by atoms with E-state index in [4.69, 9.17) is 0 Å². The zero-order valence-corrected chi connectivity index (χ0v) is 12.2. The van der Waals surface area contributed by atoms with Gasteiger partial charge in [0.15, 0.2) is 0 Å². The number of rotatable bonds is 2. The average molecular weight is 283 g/mol. The fraction of sp³-hybridized carbons (Fsp3) is 0.429. The summed E-state index contributed by atoms with van der Waals surface area (Å²) < 4.78 is 1.41. The highest BCUT2D eigenvalue weighted by atomic mass is 35.5. The van der Waals surface area contributed by atoms with Crippen molar-refractivity contribution in [2.24, 2.45) is 0 Å². The van der Waals surface area contributed by atoms with Gasteiger partial charge >= 0.3 is 0 Å². The summed E-state index contributed by atoms with van der Waals surface area (Å²) in [6.07, 6.45) is 0. The van der Waals surface area contributed by atoms with Crippen LogP contribution in [0.1, 0.15) is 12.5 Å². The molecule has 4 heteroatoms. The molecule has 1 fully saturated rings. The molecule has 0 radical (unpaired) electrons. The lowest BCUT2D eigenvalue weighted by molar-refractivity contribution is 0.200. The molecule has 1 aromatic carbocycles. The Morgan fingerprint density at radius 1 is 1.39 bits per heavy atom. The minimum absolute atomic E-state index is 0. The Morgan fingerprint density at radius 3 is 3.06 bits per heavy atom. The molecular formula is C14H19ClN2S. The third-order valence-corrected chi connectivity index (χ3v) is 4.42. The molecule has 0 bridgehead atoms. The fourth-order valence-corrected chi connectivity index (χ4v) is 3.51. The van der Waals surface area contributed by atoms with Crippen molar-refractivity contribution in [3.63, 3.8) is 0 Å². The summed E-state index contributed by atoms with van der Waals surface area (Å²) in [4.78, 5) is 2.55. The number of thiophene rings is 1. The topological polar surface area (TPSA) is 15.3 Å². The molecule has 0 unspecified atom stereocenters. The lowest BCUT2D eigenvalue weighted by Crippen LogP contribution is -2.48. The van der Waals surface area contributed by atoms with Crippen molar-refractivity contribution in [1.82, 2.24) is 10.2 Å². The van der Waals surface area contributed by atoms with Crippen molar-refractivity contribution < 1.29 is 0 Å². The third-order valence-electron chi connectivity index (χ3n) is 3.41. The molecule has 1 aromatic heterocycles. The molecule has 2 nitrogen and oxygen atoms in total. The molecule has 0 spiro atoms. The van der Waals surface area contributed by atoms with Gasteiger partial charge in [-0.3, -0.25) is 4.90 Å². The number of piperazine rings is 1. The monoisotopic (exact) mass is 282 g/mol. The normalized spacial score (nSPS) is 20.8. The van der Waals surface area contributed by atoms with Gasteiger partial charge < -0.3 is 5.32 Å². The maximum atomic E-state index is 3.49. The number of benzene rings is 1. The number of hydrogen-bond acceptors (Lipinski definition) is 3. The van der Waals surface area contributed by atoms with E-state index in [0.29, 0.717) is 6.04 Å². The summed E-state index contributed by atoms with van der Waals surface area (Å²) in [7, 11) is 0. The van der Waals surface area contributed by atoms with Gasteiger partial charge in [0.1, 0.15) is 0 Å². The van der Waals surface area contributed by atoms with Gasteiger partial charge in [0.2, 0.25) is 0 Å². The molecule has 1 saturated heterocycles. The van der Waals surface area contributed by atoms with Crippen LogP contribution in [-0.2, 0) is 6.54 Å². The van der Waals surface area contributed by atoms with Crippen molar-refractivity contribution in [2.75, 3.05) is 19.6 Å². The highest BCUT2D eigenvalue weighted by molar-refractivity contribution is 7.17.